The average molecular weight is 284 g/mol. The second-order valence-corrected chi connectivity index (χ2v) is 5.74. The Bertz CT molecular complexity index is 361. The van der Waals surface area contributed by atoms with E-state index in [1.165, 1.54) is 0 Å². The number of nitrogens with zero attached hydrogens (tertiary/aromatic N) is 2. The van der Waals surface area contributed by atoms with Crippen LogP contribution < -0.4 is 0 Å². The quantitative estimate of drug-likeness (QED) is 0.850. The Labute approximate surface area is 119 Å². The first-order valence-electron chi connectivity index (χ1n) is 7.40. The molecule has 20 heavy (non-hydrogen) atoms. The van der Waals surface area contributed by atoms with Crippen molar-refractivity contribution in [3.8, 4) is 0 Å². The molecule has 0 bridgehead atoms. The highest BCUT2D eigenvalue weighted by Crippen LogP contribution is 2.22. The smallest absolute Gasteiger partial charge is 0.326 e. The molecule has 2 heterocycles. The van der Waals surface area contributed by atoms with E-state index >= 15 is 0 Å². The van der Waals surface area contributed by atoms with Gasteiger partial charge in [-0.2, -0.15) is 0 Å². The minimum Gasteiger partial charge on any atom is -0.480 e. The Hall–Kier alpha value is -1.30. The van der Waals surface area contributed by atoms with Crippen molar-refractivity contribution in [1.29, 1.82) is 0 Å². The van der Waals surface area contributed by atoms with Crippen molar-refractivity contribution in [2.45, 2.75) is 38.1 Å². The number of hydrogen-bond acceptors (Lipinski definition) is 3. The predicted molar refractivity (Wildman–Crippen MR) is 73.5 cm³/mol. The highest BCUT2D eigenvalue weighted by atomic mass is 16.5. The fraction of sp³-hybridized carbons (Fsp3) is 0.857. The van der Waals surface area contributed by atoms with Crippen molar-refractivity contribution in [3.05, 3.63) is 0 Å². The van der Waals surface area contributed by atoms with Gasteiger partial charge >= 0.3 is 12.0 Å². The average Bonchev–Trinajstić information content (AvgIpc) is 2.74. The maximum absolute atomic E-state index is 12.6. The summed E-state index contributed by atoms with van der Waals surface area (Å²) in [7, 11) is 1.67. The fourth-order valence-electron chi connectivity index (χ4n) is 3.15. The topological polar surface area (TPSA) is 70.1 Å². The number of carboxylic acid groups (broad SMARTS) is 1. The van der Waals surface area contributed by atoms with Crippen molar-refractivity contribution < 1.29 is 19.4 Å². The Kier molecular flexibility index (Phi) is 5.23. The zero-order valence-corrected chi connectivity index (χ0v) is 12.1. The van der Waals surface area contributed by atoms with Crippen LogP contribution in [0.1, 0.15) is 32.1 Å². The molecule has 114 valence electrons. The molecule has 2 unspecified atom stereocenters. The summed E-state index contributed by atoms with van der Waals surface area (Å²) in [6.45, 7) is 2.60. The van der Waals surface area contributed by atoms with Gasteiger partial charge in [0.25, 0.3) is 0 Å². The van der Waals surface area contributed by atoms with Crippen LogP contribution >= 0.6 is 0 Å². The van der Waals surface area contributed by atoms with Crippen LogP contribution in [0.25, 0.3) is 0 Å². The minimum atomic E-state index is -0.882. The Morgan fingerprint density at radius 1 is 1.20 bits per heavy atom. The highest BCUT2D eigenvalue weighted by molar-refractivity contribution is 5.83. The summed E-state index contributed by atoms with van der Waals surface area (Å²) in [4.78, 5) is 27.3. The van der Waals surface area contributed by atoms with Gasteiger partial charge in [0.05, 0.1) is 6.61 Å². The number of carbonyl (C=O) groups is 2. The van der Waals surface area contributed by atoms with Crippen molar-refractivity contribution in [3.63, 3.8) is 0 Å². The van der Waals surface area contributed by atoms with Crippen LogP contribution in [0.3, 0.4) is 0 Å². The Balaban J connectivity index is 2.00. The van der Waals surface area contributed by atoms with Crippen LogP contribution in [-0.2, 0) is 9.53 Å². The van der Waals surface area contributed by atoms with E-state index in [0.717, 1.165) is 25.7 Å². The van der Waals surface area contributed by atoms with E-state index in [1.807, 2.05) is 0 Å². The molecule has 2 rings (SSSR count). The van der Waals surface area contributed by atoms with Gasteiger partial charge < -0.3 is 19.6 Å². The Morgan fingerprint density at radius 2 is 2.00 bits per heavy atom. The molecule has 0 aromatic carbocycles. The molecule has 1 N–H and O–H groups in total. The van der Waals surface area contributed by atoms with E-state index in [1.54, 1.807) is 16.9 Å². The lowest BCUT2D eigenvalue weighted by Crippen LogP contribution is -2.50. The largest absolute Gasteiger partial charge is 0.480 e. The molecular weight excluding hydrogens is 260 g/mol. The zero-order valence-electron chi connectivity index (χ0n) is 12.1. The van der Waals surface area contributed by atoms with Gasteiger partial charge in [-0.05, 0) is 19.3 Å². The molecule has 0 spiro atoms. The van der Waals surface area contributed by atoms with Crippen molar-refractivity contribution in [2.24, 2.45) is 5.92 Å². The van der Waals surface area contributed by atoms with Gasteiger partial charge in [-0.3, -0.25) is 0 Å². The first-order valence-corrected chi connectivity index (χ1v) is 7.40. The van der Waals surface area contributed by atoms with Crippen LogP contribution in [0.2, 0.25) is 0 Å². The lowest BCUT2D eigenvalue weighted by molar-refractivity contribution is -0.142. The van der Waals surface area contributed by atoms with E-state index in [-0.39, 0.29) is 6.03 Å². The summed E-state index contributed by atoms with van der Waals surface area (Å²) in [5, 5.41) is 9.33. The van der Waals surface area contributed by atoms with Gasteiger partial charge in [-0.15, -0.1) is 0 Å². The van der Waals surface area contributed by atoms with Crippen LogP contribution in [0.5, 0.6) is 0 Å². The molecule has 2 aliphatic rings. The molecule has 2 amide bonds. The molecule has 0 aromatic heterocycles. The molecule has 0 radical (unpaired) electrons. The molecule has 6 heteroatoms. The summed E-state index contributed by atoms with van der Waals surface area (Å²) < 4.78 is 5.13. The molecule has 2 aliphatic heterocycles. The number of hydrogen-bond donors (Lipinski definition) is 1. The second-order valence-electron chi connectivity index (χ2n) is 5.74. The first-order chi connectivity index (χ1) is 9.63. The summed E-state index contributed by atoms with van der Waals surface area (Å²) in [5.74, 6) is -0.507. The zero-order chi connectivity index (χ0) is 14.5. The van der Waals surface area contributed by atoms with Crippen molar-refractivity contribution in [2.75, 3.05) is 33.4 Å². The molecule has 0 saturated carbocycles. The molecule has 2 saturated heterocycles. The third-order valence-electron chi connectivity index (χ3n) is 4.24. The monoisotopic (exact) mass is 284 g/mol. The van der Waals surface area contributed by atoms with E-state index in [2.05, 4.69) is 0 Å². The normalized spacial score (nSPS) is 27.4. The molecule has 0 aromatic rings. The summed E-state index contributed by atoms with van der Waals surface area (Å²) in [6.07, 6.45) is 4.28. The van der Waals surface area contributed by atoms with Gasteiger partial charge in [0.15, 0.2) is 0 Å². The third kappa shape index (κ3) is 3.42. The maximum Gasteiger partial charge on any atom is 0.326 e. The molecule has 0 aliphatic carbocycles. The lowest BCUT2D eigenvalue weighted by atomic mass is 10.1. The number of carboxylic acids is 1. The number of amides is 2. The first kappa shape index (κ1) is 15.1. The van der Waals surface area contributed by atoms with Crippen LogP contribution in [0.4, 0.5) is 4.79 Å². The number of ether oxygens (including phenoxy) is 1. The predicted octanol–water partition coefficient (Wildman–Crippen LogP) is 1.40. The number of methoxy groups -OCH3 is 1. The van der Waals surface area contributed by atoms with Crippen molar-refractivity contribution in [1.82, 2.24) is 9.80 Å². The van der Waals surface area contributed by atoms with Crippen LogP contribution in [-0.4, -0.2) is 66.3 Å². The standard InChI is InChI=1S/C14H24N2O4/c1-20-10-11-6-8-15(9-11)14(19)16-7-4-2-3-5-12(16)13(17)18/h11-12H,2-10H2,1H3,(H,17,18). The SMILES string of the molecule is COCC1CCN(C(=O)N2CCCCCC2C(=O)O)C1. The summed E-state index contributed by atoms with van der Waals surface area (Å²) in [6, 6.07) is -0.774. The van der Waals surface area contributed by atoms with Gasteiger partial charge in [-0.1, -0.05) is 12.8 Å². The highest BCUT2D eigenvalue weighted by Gasteiger charge is 2.35. The molecule has 6 nitrogen and oxygen atoms in total. The van der Waals surface area contributed by atoms with Gasteiger partial charge in [0, 0.05) is 32.7 Å². The maximum atomic E-state index is 12.6. The molecular formula is C14H24N2O4. The summed E-state index contributed by atoms with van der Waals surface area (Å²) >= 11 is 0. The lowest BCUT2D eigenvalue weighted by Gasteiger charge is -2.31. The van der Waals surface area contributed by atoms with Crippen LogP contribution in [0, 0.1) is 5.92 Å². The van der Waals surface area contributed by atoms with Crippen molar-refractivity contribution >= 4 is 12.0 Å². The molecule has 2 atom stereocenters. The number of rotatable bonds is 3. The third-order valence-corrected chi connectivity index (χ3v) is 4.24. The minimum absolute atomic E-state index is 0.113. The fourth-order valence-corrected chi connectivity index (χ4v) is 3.15. The number of carbonyl (C=O) groups excluding carboxylic acids is 1. The Morgan fingerprint density at radius 3 is 2.70 bits per heavy atom. The van der Waals surface area contributed by atoms with E-state index in [0.29, 0.717) is 38.6 Å². The van der Waals surface area contributed by atoms with Crippen LogP contribution in [0.15, 0.2) is 0 Å². The number of aliphatic carboxylic acids is 1. The number of likely N-dealkylation sites (tertiary alicyclic amines) is 2. The molecule has 2 fully saturated rings. The number of urea groups is 1. The van der Waals surface area contributed by atoms with E-state index in [9.17, 15) is 14.7 Å². The van der Waals surface area contributed by atoms with Gasteiger partial charge in [0.1, 0.15) is 6.04 Å². The van der Waals surface area contributed by atoms with Gasteiger partial charge in [0.2, 0.25) is 0 Å². The second kappa shape index (κ2) is 6.92. The van der Waals surface area contributed by atoms with E-state index in [4.69, 9.17) is 4.74 Å². The summed E-state index contributed by atoms with van der Waals surface area (Å²) in [5.41, 5.74) is 0. The van der Waals surface area contributed by atoms with E-state index < -0.39 is 12.0 Å². The van der Waals surface area contributed by atoms with Gasteiger partial charge in [-0.25, -0.2) is 9.59 Å².